The Morgan fingerprint density at radius 3 is 0.704 bits per heavy atom. The van der Waals surface area contributed by atoms with Gasteiger partial charge in [-0.3, -0.25) is 0 Å². The first-order valence-corrected chi connectivity index (χ1v) is 9.61. The number of hydrogen-bond acceptors (Lipinski definition) is 0. The van der Waals surface area contributed by atoms with E-state index in [1.807, 2.05) is 0 Å². The summed E-state index contributed by atoms with van der Waals surface area (Å²) in [6.07, 6.45) is 0. The van der Waals surface area contributed by atoms with Crippen LogP contribution in [0, 0.1) is 0 Å². The highest BCUT2D eigenvalue weighted by Crippen LogP contribution is 2.54. The molecule has 0 aromatic rings. The predicted octanol–water partition coefficient (Wildman–Crippen LogP) is -0.389. The van der Waals surface area contributed by atoms with E-state index in [1.54, 1.807) is 0 Å². The van der Waals surface area contributed by atoms with Gasteiger partial charge in [0.15, 0.2) is 65.5 Å². The van der Waals surface area contributed by atoms with Crippen molar-refractivity contribution in [1.82, 2.24) is 0 Å². The molecule has 9 rings (SSSR count). The zero-order valence-corrected chi connectivity index (χ0v) is 14.4. The van der Waals surface area contributed by atoms with Gasteiger partial charge in [0.1, 0.15) is 0 Å². The van der Waals surface area contributed by atoms with Gasteiger partial charge in [-0.2, -0.15) is 0 Å². The van der Waals surface area contributed by atoms with Crippen molar-refractivity contribution in [3.63, 3.8) is 0 Å². The predicted molar refractivity (Wildman–Crippen MR) is 117 cm³/mol. The van der Waals surface area contributed by atoms with Gasteiger partial charge in [-0.1, -0.05) is 76.6 Å². The molecule has 0 nitrogen and oxygen atoms in total. The molecule has 27 heavy (non-hydrogen) atoms. The van der Waals surface area contributed by atoms with Crippen molar-refractivity contribution in [3.05, 3.63) is 99.5 Å². The third-order valence-electron chi connectivity index (χ3n) is 6.50. The molecule has 0 spiro atoms. The third-order valence-corrected chi connectivity index (χ3v) is 6.50. The summed E-state index contributed by atoms with van der Waals surface area (Å²) in [4.78, 5) is 0. The van der Waals surface area contributed by atoms with Crippen molar-refractivity contribution in [2.24, 2.45) is 0 Å². The summed E-state index contributed by atoms with van der Waals surface area (Å²) >= 11 is 0. The molecule has 9 heteroatoms. The van der Waals surface area contributed by atoms with Gasteiger partial charge in [0, 0.05) is 0 Å². The van der Waals surface area contributed by atoms with Crippen LogP contribution in [0.3, 0.4) is 0 Å². The molecule has 0 unspecified atom stereocenters. The van der Waals surface area contributed by atoms with E-state index < -0.39 is 0 Å². The molecule has 0 bridgehead atoms. The first-order chi connectivity index (χ1) is 13.3. The van der Waals surface area contributed by atoms with Crippen LogP contribution in [-0.2, 0) is 0 Å². The highest BCUT2D eigenvalue weighted by Gasteiger charge is 2.48. The Kier molecular flexibility index (Phi) is 1.99. The second-order valence-corrected chi connectivity index (χ2v) is 8.38. The van der Waals surface area contributed by atoms with Crippen molar-refractivity contribution in [3.8, 4) is 0 Å². The van der Waals surface area contributed by atoms with Crippen LogP contribution in [0.2, 0.25) is 0 Å². The molecule has 9 heterocycles. The van der Waals surface area contributed by atoms with Crippen LogP contribution in [0.25, 0.3) is 0 Å². The van der Waals surface area contributed by atoms with Crippen LogP contribution < -0.4 is 0 Å². The molecule has 101 valence electrons. The quantitative estimate of drug-likeness (QED) is 0.535. The fourth-order valence-corrected chi connectivity index (χ4v) is 4.35. The van der Waals surface area contributed by atoms with E-state index in [2.05, 4.69) is 77.5 Å². The Balaban J connectivity index is 0.973. The zero-order chi connectivity index (χ0) is 17.0. The van der Waals surface area contributed by atoms with E-state index in [0.717, 1.165) is 0 Å². The summed E-state index contributed by atoms with van der Waals surface area (Å²) in [5.74, 6) is 4.39. The smallest absolute Gasteiger partial charge is 0.123 e. The summed E-state index contributed by atoms with van der Waals surface area (Å²) in [7, 11) is 20.8. The Morgan fingerprint density at radius 1 is 0.296 bits per heavy atom. The molecule has 0 aromatic carbocycles. The largest absolute Gasteiger partial charge is 0.188 e. The number of allylic oxidation sites excluding steroid dienone is 16. The highest BCUT2D eigenvalue weighted by atomic mass is 14.3. The van der Waals surface area contributed by atoms with Crippen LogP contribution in [0.1, 0.15) is 0 Å². The Labute approximate surface area is 165 Å². The Bertz CT molecular complexity index is 1220. The van der Waals surface area contributed by atoms with Gasteiger partial charge in [0.05, 0.1) is 0 Å². The van der Waals surface area contributed by atoms with Crippen LogP contribution in [-0.4, -0.2) is 65.5 Å². The van der Waals surface area contributed by atoms with Crippen LogP contribution in [0.4, 0.5) is 0 Å². The fraction of sp³-hybridized carbons (Fsp3) is 0. The molecule has 9 aliphatic heterocycles. The molecule has 9 aliphatic rings. The van der Waals surface area contributed by atoms with E-state index >= 15 is 0 Å². The molecule has 0 saturated heterocycles. The second-order valence-electron chi connectivity index (χ2n) is 8.38. The van der Waals surface area contributed by atoms with E-state index in [-0.39, 0.29) is 0 Å². The van der Waals surface area contributed by atoms with Gasteiger partial charge in [0.2, 0.25) is 0 Å². The van der Waals surface area contributed by atoms with E-state index in [4.69, 9.17) is 0 Å². The van der Waals surface area contributed by atoms with Crippen molar-refractivity contribution in [2.45, 2.75) is 0 Å². The van der Waals surface area contributed by atoms with Gasteiger partial charge >= 0.3 is 0 Å². The molecule has 0 aliphatic carbocycles. The standard InChI is InChI=1S/C18H2B9/c1-3(19-1)5-7(21-5)9-11(23-9)13-15(25-13)17-18(27-17)16-14(26-16)12-10(24-12)8-6(22-8)4-2-20-4/h1-2H. The van der Waals surface area contributed by atoms with E-state index in [9.17, 15) is 0 Å². The first kappa shape index (κ1) is 13.4. The number of hydrogen-bond donors (Lipinski definition) is 0. The molecule has 0 amide bonds. The van der Waals surface area contributed by atoms with Crippen LogP contribution in [0.5, 0.6) is 0 Å². The minimum atomic E-state index is 1.43. The van der Waals surface area contributed by atoms with Crippen molar-refractivity contribution in [1.29, 1.82) is 0 Å². The summed E-state index contributed by atoms with van der Waals surface area (Å²) in [6.45, 7) is 0. The summed E-state index contributed by atoms with van der Waals surface area (Å²) in [6, 6.07) is 0. The Hall–Kier alpha value is -1.76. The summed E-state index contributed by atoms with van der Waals surface area (Å²) in [5.41, 5.74) is 23.5. The Morgan fingerprint density at radius 2 is 0.481 bits per heavy atom. The number of rotatable bonds is 8. The lowest BCUT2D eigenvalue weighted by Gasteiger charge is -1.79. The van der Waals surface area contributed by atoms with Gasteiger partial charge < -0.3 is 0 Å². The normalized spacial score (nSPS) is 27.9. The van der Waals surface area contributed by atoms with Gasteiger partial charge in [-0.15, -0.1) is 22.9 Å². The lowest BCUT2D eigenvalue weighted by atomic mass is 9.78. The maximum absolute atomic E-state index is 2.36. The fourth-order valence-electron chi connectivity index (χ4n) is 4.35. The maximum atomic E-state index is 2.36. The molecule has 0 aromatic heterocycles. The molecular weight excluding hydrogens is 314 g/mol. The summed E-state index contributed by atoms with van der Waals surface area (Å²) < 4.78 is 0. The minimum Gasteiger partial charge on any atom is -0.123 e. The zero-order valence-electron chi connectivity index (χ0n) is 14.4. The van der Waals surface area contributed by atoms with Crippen molar-refractivity contribution >= 4 is 65.5 Å². The van der Waals surface area contributed by atoms with Crippen molar-refractivity contribution in [2.75, 3.05) is 0 Å². The molecule has 0 N–H and O–H groups in total. The van der Waals surface area contributed by atoms with Gasteiger partial charge in [-0.05, 0) is 0 Å². The molecule has 0 saturated carbocycles. The molecular formula is C18H2B9. The van der Waals surface area contributed by atoms with Gasteiger partial charge in [0.25, 0.3) is 0 Å². The lowest BCUT2D eigenvalue weighted by Crippen LogP contribution is -1.68. The van der Waals surface area contributed by atoms with Crippen LogP contribution in [0.15, 0.2) is 99.5 Å². The topological polar surface area (TPSA) is 0 Å². The minimum absolute atomic E-state index is 1.43. The van der Waals surface area contributed by atoms with Gasteiger partial charge in [-0.25, -0.2) is 0 Å². The third kappa shape index (κ3) is 1.96. The highest BCUT2D eigenvalue weighted by molar-refractivity contribution is 6.93. The average molecular weight is 316 g/mol. The average Bonchev–Trinajstić information content (AvgIpc) is 3.37. The van der Waals surface area contributed by atoms with E-state index in [0.29, 0.717) is 0 Å². The lowest BCUT2D eigenvalue weighted by molar-refractivity contribution is 1.82. The molecule has 0 fully saturated rings. The van der Waals surface area contributed by atoms with Crippen LogP contribution >= 0.6 is 0 Å². The molecule has 9 radical (unpaired) electrons. The maximum Gasteiger partial charge on any atom is 0.188 e. The monoisotopic (exact) mass is 317 g/mol. The molecule has 0 atom stereocenters. The van der Waals surface area contributed by atoms with E-state index in [1.165, 1.54) is 87.6 Å². The SMILES string of the molecule is [B]1C=C1C1=C(C2=C(C3=C(C4=C(C5=C(C6=C(C7=C(C8=C[B]8)[B]7)[B]6)[B]5)[B]4)[B]3)[B]2)[B]1. The first-order valence-electron chi connectivity index (χ1n) is 9.61. The summed E-state index contributed by atoms with van der Waals surface area (Å²) in [5, 5.41) is 0. The van der Waals surface area contributed by atoms with Crippen molar-refractivity contribution < 1.29 is 0 Å². The second kappa shape index (κ2) is 4.00.